The van der Waals surface area contributed by atoms with Gasteiger partial charge in [0.05, 0.1) is 0 Å². The first kappa shape index (κ1) is 19.6. The smallest absolute Gasteiger partial charge is 0.192 e. The van der Waals surface area contributed by atoms with Crippen LogP contribution < -0.4 is 9.13 Å². The first-order chi connectivity index (χ1) is 11.8. The van der Waals surface area contributed by atoms with Crippen LogP contribution in [-0.4, -0.2) is 0 Å². The Kier molecular flexibility index (Phi) is 9.59. The highest BCUT2D eigenvalue weighted by Crippen LogP contribution is 2.19. The van der Waals surface area contributed by atoms with Crippen LogP contribution in [0.2, 0.25) is 0 Å². The van der Waals surface area contributed by atoms with Crippen LogP contribution >= 0.6 is 31.9 Å². The van der Waals surface area contributed by atoms with Gasteiger partial charge in [0.15, 0.2) is 24.8 Å². The maximum Gasteiger partial charge on any atom is 0.211 e. The topological polar surface area (TPSA) is 7.76 Å². The van der Waals surface area contributed by atoms with Crippen molar-refractivity contribution in [2.75, 3.05) is 0 Å². The van der Waals surface area contributed by atoms with Crippen LogP contribution in [0.25, 0.3) is 0 Å². The minimum Gasteiger partial charge on any atom is -0.192 e. The third-order valence-electron chi connectivity index (χ3n) is 4.26. The van der Waals surface area contributed by atoms with Crippen molar-refractivity contribution in [1.82, 2.24) is 0 Å². The molecule has 0 aliphatic heterocycles. The molecule has 2 unspecified atom stereocenters. The summed E-state index contributed by atoms with van der Waals surface area (Å²) < 4.78 is 4.47. The molecule has 2 nitrogen and oxygen atoms in total. The Bertz CT molecular complexity index is 497. The van der Waals surface area contributed by atoms with Crippen molar-refractivity contribution >= 4 is 31.9 Å². The predicted octanol–water partition coefficient (Wildman–Crippen LogP) is 5.87. The van der Waals surface area contributed by atoms with Gasteiger partial charge in [0.2, 0.25) is 9.90 Å². The van der Waals surface area contributed by atoms with Gasteiger partial charge < -0.3 is 0 Å². The van der Waals surface area contributed by atoms with Crippen LogP contribution in [0.3, 0.4) is 0 Å². The highest BCUT2D eigenvalue weighted by molar-refractivity contribution is 9.09. The van der Waals surface area contributed by atoms with E-state index in [9.17, 15) is 0 Å². The number of aromatic nitrogens is 2. The fraction of sp³-hybridized carbons (Fsp3) is 0.500. The van der Waals surface area contributed by atoms with Crippen molar-refractivity contribution in [1.29, 1.82) is 0 Å². The van der Waals surface area contributed by atoms with Gasteiger partial charge in [0, 0.05) is 37.1 Å². The maximum absolute atomic E-state index is 3.77. The molecular weight excluding hydrogens is 428 g/mol. The van der Waals surface area contributed by atoms with Crippen molar-refractivity contribution in [3.8, 4) is 0 Å². The molecule has 2 aromatic rings. The fourth-order valence-electron chi connectivity index (χ4n) is 2.83. The average molecular weight is 456 g/mol. The lowest BCUT2D eigenvalue weighted by Gasteiger charge is -2.06. The summed E-state index contributed by atoms with van der Waals surface area (Å²) >= 11 is 7.55. The molecular formula is C20H28Br2N2+2. The molecule has 2 aromatic heterocycles. The van der Waals surface area contributed by atoms with Crippen LogP contribution in [0.15, 0.2) is 61.2 Å². The monoisotopic (exact) mass is 454 g/mol. The van der Waals surface area contributed by atoms with Crippen molar-refractivity contribution in [2.24, 2.45) is 0 Å². The highest BCUT2D eigenvalue weighted by Gasteiger charge is 2.13. The zero-order valence-corrected chi connectivity index (χ0v) is 17.4. The molecule has 0 radical (unpaired) electrons. The fourth-order valence-corrected chi connectivity index (χ4v) is 4.02. The van der Waals surface area contributed by atoms with Crippen LogP contribution in [-0.2, 0) is 0 Å². The molecule has 2 atom stereocenters. The van der Waals surface area contributed by atoms with Gasteiger partial charge in [-0.15, -0.1) is 0 Å². The number of rotatable bonds is 11. The van der Waals surface area contributed by atoms with E-state index in [4.69, 9.17) is 0 Å². The largest absolute Gasteiger partial charge is 0.211 e. The summed E-state index contributed by atoms with van der Waals surface area (Å²) in [5, 5.41) is 0. The minimum atomic E-state index is 0.427. The summed E-state index contributed by atoms with van der Waals surface area (Å²) in [5.41, 5.74) is 0. The van der Waals surface area contributed by atoms with Gasteiger partial charge in [-0.25, -0.2) is 0 Å². The van der Waals surface area contributed by atoms with E-state index in [1.54, 1.807) is 0 Å². The van der Waals surface area contributed by atoms with Crippen LogP contribution in [0.5, 0.6) is 0 Å². The zero-order valence-electron chi connectivity index (χ0n) is 14.2. The summed E-state index contributed by atoms with van der Waals surface area (Å²) in [6, 6.07) is 12.4. The quantitative estimate of drug-likeness (QED) is 0.227. The molecule has 0 bridgehead atoms. The summed E-state index contributed by atoms with van der Waals surface area (Å²) in [6.45, 7) is 0. The van der Waals surface area contributed by atoms with Gasteiger partial charge in [-0.3, -0.25) is 0 Å². The number of hydrogen-bond donors (Lipinski definition) is 0. The number of alkyl halides is 2. The second-order valence-electron chi connectivity index (χ2n) is 6.21. The van der Waals surface area contributed by atoms with E-state index in [0.29, 0.717) is 9.90 Å². The second-order valence-corrected chi connectivity index (χ2v) is 8.33. The number of halogens is 2. The van der Waals surface area contributed by atoms with Gasteiger partial charge in [-0.2, -0.15) is 9.13 Å². The lowest BCUT2D eigenvalue weighted by Crippen LogP contribution is -2.34. The van der Waals surface area contributed by atoms with Gasteiger partial charge in [-0.05, 0) is 44.7 Å². The van der Waals surface area contributed by atoms with Crippen LogP contribution in [0.1, 0.15) is 61.3 Å². The van der Waals surface area contributed by atoms with Gasteiger partial charge in [0.25, 0.3) is 0 Å². The Morgan fingerprint density at radius 3 is 1.21 bits per heavy atom. The third kappa shape index (κ3) is 7.43. The van der Waals surface area contributed by atoms with Gasteiger partial charge in [0.1, 0.15) is 0 Å². The molecule has 24 heavy (non-hydrogen) atoms. The first-order valence-corrected chi connectivity index (χ1v) is 10.8. The Balaban J connectivity index is 1.47. The Morgan fingerprint density at radius 1 is 0.500 bits per heavy atom. The lowest BCUT2D eigenvalue weighted by molar-refractivity contribution is -0.698. The molecule has 0 N–H and O–H groups in total. The van der Waals surface area contributed by atoms with Crippen molar-refractivity contribution in [2.45, 2.75) is 61.3 Å². The number of unbranched alkanes of at least 4 members (excludes halogenated alkanes) is 5. The van der Waals surface area contributed by atoms with Crippen molar-refractivity contribution in [3.63, 3.8) is 0 Å². The van der Waals surface area contributed by atoms with E-state index in [1.165, 1.54) is 51.4 Å². The number of nitrogens with zero attached hydrogens (tertiary/aromatic N) is 2. The van der Waals surface area contributed by atoms with E-state index in [-0.39, 0.29) is 0 Å². The van der Waals surface area contributed by atoms with Crippen molar-refractivity contribution < 1.29 is 9.13 Å². The molecule has 4 heteroatoms. The molecule has 2 rings (SSSR count). The Morgan fingerprint density at radius 2 is 0.833 bits per heavy atom. The molecule has 0 saturated carbocycles. The molecule has 130 valence electrons. The first-order valence-electron chi connectivity index (χ1n) is 8.97. The average Bonchev–Trinajstić information content (AvgIpc) is 2.65. The van der Waals surface area contributed by atoms with Crippen molar-refractivity contribution in [3.05, 3.63) is 61.2 Å². The molecule has 0 amide bonds. The SMILES string of the molecule is BrC(CCCCCCCCC(Br)[n+]1ccccc1)[n+]1ccccc1. The van der Waals surface area contributed by atoms with E-state index < -0.39 is 0 Å². The summed E-state index contributed by atoms with van der Waals surface area (Å²) in [7, 11) is 0. The molecule has 0 fully saturated rings. The maximum atomic E-state index is 3.77. The molecule has 0 aliphatic rings. The summed E-state index contributed by atoms with van der Waals surface area (Å²) in [5.74, 6) is 0. The third-order valence-corrected chi connectivity index (χ3v) is 6.12. The van der Waals surface area contributed by atoms with E-state index in [0.717, 1.165) is 0 Å². The van der Waals surface area contributed by atoms with Gasteiger partial charge >= 0.3 is 0 Å². The molecule has 0 aliphatic carbocycles. The molecule has 0 saturated heterocycles. The highest BCUT2D eigenvalue weighted by atomic mass is 79.9. The zero-order chi connectivity index (χ0) is 17.0. The molecule has 0 spiro atoms. The van der Waals surface area contributed by atoms with E-state index in [1.807, 2.05) is 0 Å². The second kappa shape index (κ2) is 11.8. The van der Waals surface area contributed by atoms with E-state index in [2.05, 4.69) is 102 Å². The minimum absolute atomic E-state index is 0.427. The lowest BCUT2D eigenvalue weighted by atomic mass is 10.1. The molecule has 0 aromatic carbocycles. The Hall–Kier alpha value is -0.740. The molecule has 2 heterocycles. The number of hydrogen-bond acceptors (Lipinski definition) is 0. The van der Waals surface area contributed by atoms with Crippen LogP contribution in [0, 0.1) is 0 Å². The Labute approximate surface area is 163 Å². The summed E-state index contributed by atoms with van der Waals surface area (Å²) in [6.07, 6.45) is 18.9. The van der Waals surface area contributed by atoms with Crippen LogP contribution in [0.4, 0.5) is 0 Å². The summed E-state index contributed by atoms with van der Waals surface area (Å²) in [4.78, 5) is 0.853. The van der Waals surface area contributed by atoms with E-state index >= 15 is 0 Å². The number of pyridine rings is 2. The predicted molar refractivity (Wildman–Crippen MR) is 106 cm³/mol. The normalized spacial score (nSPS) is 13.6. The standard InChI is InChI=1S/C20H28Br2N2/c21-19(23-15-9-5-10-16-23)13-7-3-1-2-4-8-14-20(22)24-17-11-6-12-18-24/h5-6,9-12,15-20H,1-4,7-8,13-14H2/q+2. The van der Waals surface area contributed by atoms with Gasteiger partial charge in [-0.1, -0.05) is 37.8 Å².